The molecule has 0 aromatic carbocycles. The molecule has 98 valence electrons. The average molecular weight is 254 g/mol. The summed E-state index contributed by atoms with van der Waals surface area (Å²) in [6.07, 6.45) is 9.08. The molecule has 2 aromatic heterocycles. The third kappa shape index (κ3) is 2.57. The van der Waals surface area contributed by atoms with E-state index in [1.807, 2.05) is 18.6 Å². The third-order valence-corrected chi connectivity index (χ3v) is 3.53. The van der Waals surface area contributed by atoms with Crippen molar-refractivity contribution in [2.24, 2.45) is 0 Å². The Morgan fingerprint density at radius 2 is 1.63 bits per heavy atom. The summed E-state index contributed by atoms with van der Waals surface area (Å²) in [5.41, 5.74) is 2.10. The average Bonchev–Trinajstić information content (AvgIpc) is 3.02. The summed E-state index contributed by atoms with van der Waals surface area (Å²) in [7, 11) is 0. The minimum atomic E-state index is 0.867. The molecule has 0 unspecified atom stereocenters. The van der Waals surface area contributed by atoms with Gasteiger partial charge in [0.1, 0.15) is 11.6 Å². The number of pyridine rings is 1. The van der Waals surface area contributed by atoms with Gasteiger partial charge >= 0.3 is 0 Å². The Kier molecular flexibility index (Phi) is 3.40. The maximum Gasteiger partial charge on any atom is 0.128 e. The number of anilines is 1. The zero-order chi connectivity index (χ0) is 13.1. The first kappa shape index (κ1) is 12.1. The molecule has 2 aromatic rings. The molecule has 0 bridgehead atoms. The lowest BCUT2D eigenvalue weighted by Crippen LogP contribution is -2.18. The number of hydrogen-bond acceptors (Lipinski definition) is 4. The van der Waals surface area contributed by atoms with Crippen molar-refractivity contribution >= 4 is 5.82 Å². The van der Waals surface area contributed by atoms with E-state index < -0.39 is 0 Å². The molecule has 1 aliphatic rings. The third-order valence-electron chi connectivity index (χ3n) is 3.53. The second-order valence-electron chi connectivity index (χ2n) is 4.84. The van der Waals surface area contributed by atoms with E-state index in [0.717, 1.165) is 42.3 Å². The van der Waals surface area contributed by atoms with Crippen molar-refractivity contribution in [2.75, 3.05) is 18.0 Å². The molecule has 0 aliphatic carbocycles. The highest BCUT2D eigenvalue weighted by Crippen LogP contribution is 2.22. The smallest absolute Gasteiger partial charge is 0.128 e. The van der Waals surface area contributed by atoms with Crippen LogP contribution in [0.4, 0.5) is 5.82 Å². The quantitative estimate of drug-likeness (QED) is 0.844. The van der Waals surface area contributed by atoms with Crippen LogP contribution >= 0.6 is 0 Å². The van der Waals surface area contributed by atoms with Gasteiger partial charge in [-0.3, -0.25) is 0 Å². The van der Waals surface area contributed by atoms with Crippen LogP contribution in [0.3, 0.4) is 0 Å². The van der Waals surface area contributed by atoms with Crippen molar-refractivity contribution in [2.45, 2.75) is 26.2 Å². The summed E-state index contributed by atoms with van der Waals surface area (Å²) in [6, 6.07) is 4.19. The molecule has 3 rings (SSSR count). The molecule has 1 aliphatic heterocycles. The Morgan fingerprint density at radius 3 is 2.21 bits per heavy atom. The lowest BCUT2D eigenvalue weighted by atomic mass is 10.1. The largest absolute Gasteiger partial charge is 0.357 e. The van der Waals surface area contributed by atoms with E-state index in [1.165, 1.54) is 12.8 Å². The van der Waals surface area contributed by atoms with E-state index in [1.54, 1.807) is 0 Å². The van der Waals surface area contributed by atoms with E-state index in [2.05, 4.69) is 38.9 Å². The summed E-state index contributed by atoms with van der Waals surface area (Å²) >= 11 is 0. The van der Waals surface area contributed by atoms with Crippen molar-refractivity contribution in [3.05, 3.63) is 36.5 Å². The summed E-state index contributed by atoms with van der Waals surface area (Å²) in [5, 5.41) is 0. The van der Waals surface area contributed by atoms with Crippen LogP contribution in [0, 0.1) is 0 Å². The molecule has 4 heteroatoms. The van der Waals surface area contributed by atoms with Crippen LogP contribution in [0.25, 0.3) is 11.1 Å². The maximum absolute atomic E-state index is 4.55. The van der Waals surface area contributed by atoms with Gasteiger partial charge in [0, 0.05) is 49.2 Å². The highest BCUT2D eigenvalue weighted by Gasteiger charge is 2.13. The monoisotopic (exact) mass is 254 g/mol. The standard InChI is InChI=1S/C15H18N4/c1-2-14-16-10-13(11-17-14)12-5-6-15(18-9-12)19-7-3-4-8-19/h5-6,9-11H,2-4,7-8H2,1H3. The van der Waals surface area contributed by atoms with E-state index >= 15 is 0 Å². The van der Waals surface area contributed by atoms with Gasteiger partial charge in [-0.1, -0.05) is 6.92 Å². The molecule has 0 saturated carbocycles. The number of rotatable bonds is 3. The van der Waals surface area contributed by atoms with Gasteiger partial charge in [0.25, 0.3) is 0 Å². The number of hydrogen-bond donors (Lipinski definition) is 0. The first-order valence-corrected chi connectivity index (χ1v) is 6.89. The summed E-state index contributed by atoms with van der Waals surface area (Å²) in [4.78, 5) is 15.5. The summed E-state index contributed by atoms with van der Waals surface area (Å²) in [5.74, 6) is 1.96. The van der Waals surface area contributed by atoms with Crippen LogP contribution in [0.15, 0.2) is 30.7 Å². The van der Waals surface area contributed by atoms with Crippen LogP contribution in [-0.2, 0) is 6.42 Å². The zero-order valence-corrected chi connectivity index (χ0v) is 11.2. The van der Waals surface area contributed by atoms with Crippen LogP contribution in [0.1, 0.15) is 25.6 Å². The van der Waals surface area contributed by atoms with Crippen LogP contribution in [0.5, 0.6) is 0 Å². The zero-order valence-electron chi connectivity index (χ0n) is 11.2. The lowest BCUT2D eigenvalue weighted by molar-refractivity contribution is 0.934. The normalized spacial score (nSPS) is 14.9. The molecule has 19 heavy (non-hydrogen) atoms. The minimum Gasteiger partial charge on any atom is -0.357 e. The van der Waals surface area contributed by atoms with Gasteiger partial charge in [-0.05, 0) is 25.0 Å². The second kappa shape index (κ2) is 5.34. The molecular formula is C15H18N4. The Bertz CT molecular complexity index is 527. The SMILES string of the molecule is CCc1ncc(-c2ccc(N3CCCC3)nc2)cn1. The number of aryl methyl sites for hydroxylation is 1. The topological polar surface area (TPSA) is 41.9 Å². The van der Waals surface area contributed by atoms with E-state index in [-0.39, 0.29) is 0 Å². The van der Waals surface area contributed by atoms with Gasteiger partial charge in [0.05, 0.1) is 0 Å². The van der Waals surface area contributed by atoms with Crippen LogP contribution in [-0.4, -0.2) is 28.0 Å². The van der Waals surface area contributed by atoms with Crippen LogP contribution in [0.2, 0.25) is 0 Å². The van der Waals surface area contributed by atoms with Crippen molar-refractivity contribution in [3.8, 4) is 11.1 Å². The number of nitrogens with zero attached hydrogens (tertiary/aromatic N) is 4. The fraction of sp³-hybridized carbons (Fsp3) is 0.400. The summed E-state index contributed by atoms with van der Waals surface area (Å²) < 4.78 is 0. The Balaban J connectivity index is 1.80. The van der Waals surface area contributed by atoms with Crippen molar-refractivity contribution in [3.63, 3.8) is 0 Å². The molecule has 1 saturated heterocycles. The first-order valence-electron chi connectivity index (χ1n) is 6.89. The van der Waals surface area contributed by atoms with E-state index in [0.29, 0.717) is 0 Å². The molecule has 0 N–H and O–H groups in total. The van der Waals surface area contributed by atoms with Gasteiger partial charge in [0.15, 0.2) is 0 Å². The first-order chi connectivity index (χ1) is 9.36. The highest BCUT2D eigenvalue weighted by molar-refractivity contribution is 5.62. The minimum absolute atomic E-state index is 0.867. The Labute approximate surface area is 113 Å². The second-order valence-corrected chi connectivity index (χ2v) is 4.84. The predicted octanol–water partition coefficient (Wildman–Crippen LogP) is 2.70. The summed E-state index contributed by atoms with van der Waals surface area (Å²) in [6.45, 7) is 4.31. The van der Waals surface area contributed by atoms with Gasteiger partial charge < -0.3 is 4.90 Å². The Morgan fingerprint density at radius 1 is 0.947 bits per heavy atom. The van der Waals surface area contributed by atoms with Gasteiger partial charge in [-0.15, -0.1) is 0 Å². The predicted molar refractivity (Wildman–Crippen MR) is 76.1 cm³/mol. The fourth-order valence-electron chi connectivity index (χ4n) is 2.38. The van der Waals surface area contributed by atoms with Crippen molar-refractivity contribution in [1.29, 1.82) is 0 Å². The van der Waals surface area contributed by atoms with E-state index in [9.17, 15) is 0 Å². The van der Waals surface area contributed by atoms with Gasteiger partial charge in [-0.2, -0.15) is 0 Å². The fourth-order valence-corrected chi connectivity index (χ4v) is 2.38. The van der Waals surface area contributed by atoms with Crippen molar-refractivity contribution < 1.29 is 0 Å². The molecule has 1 fully saturated rings. The molecule has 4 nitrogen and oxygen atoms in total. The molecular weight excluding hydrogens is 236 g/mol. The van der Waals surface area contributed by atoms with Gasteiger partial charge in [0.2, 0.25) is 0 Å². The van der Waals surface area contributed by atoms with Gasteiger partial charge in [-0.25, -0.2) is 15.0 Å². The maximum atomic E-state index is 4.55. The van der Waals surface area contributed by atoms with E-state index in [4.69, 9.17) is 0 Å². The molecule has 0 radical (unpaired) electrons. The number of aromatic nitrogens is 3. The molecule has 3 heterocycles. The highest BCUT2D eigenvalue weighted by atomic mass is 15.2. The lowest BCUT2D eigenvalue weighted by Gasteiger charge is -2.16. The van der Waals surface area contributed by atoms with Crippen LogP contribution < -0.4 is 4.90 Å². The molecule has 0 amide bonds. The molecule has 0 atom stereocenters. The molecule has 0 spiro atoms. The van der Waals surface area contributed by atoms with Crippen molar-refractivity contribution in [1.82, 2.24) is 15.0 Å². The Hall–Kier alpha value is -1.97.